The van der Waals surface area contributed by atoms with E-state index in [2.05, 4.69) is 10.3 Å². The molecule has 194 valence electrons. The second-order valence-electron chi connectivity index (χ2n) is 9.35. The monoisotopic (exact) mass is 508 g/mol. The number of carbonyl (C=O) groups is 2. The van der Waals surface area contributed by atoms with Gasteiger partial charge in [0.2, 0.25) is 5.75 Å². The second-order valence-corrected chi connectivity index (χ2v) is 9.35. The molecule has 1 aromatic heterocycles. The van der Waals surface area contributed by atoms with Crippen LogP contribution >= 0.6 is 0 Å². The summed E-state index contributed by atoms with van der Waals surface area (Å²) in [5, 5.41) is 13.1. The number of hydrogen-bond acceptors (Lipinski definition) is 6. The molecule has 2 heterocycles. The molecule has 9 nitrogen and oxygen atoms in total. The van der Waals surface area contributed by atoms with Crippen molar-refractivity contribution >= 4 is 12.0 Å². The summed E-state index contributed by atoms with van der Waals surface area (Å²) in [6, 6.07) is 14.9. The van der Waals surface area contributed by atoms with Crippen molar-refractivity contribution in [3.05, 3.63) is 93.4 Å². The maximum Gasteiger partial charge on any atom is 0.409 e. The Morgan fingerprint density at radius 2 is 1.86 bits per heavy atom. The average Bonchev–Trinajstić information content (AvgIpc) is 2.89. The van der Waals surface area contributed by atoms with Crippen molar-refractivity contribution in [1.82, 2.24) is 19.8 Å². The first kappa shape index (κ1) is 25.9. The molecule has 1 aliphatic rings. The van der Waals surface area contributed by atoms with Crippen molar-refractivity contribution in [2.45, 2.75) is 39.0 Å². The van der Waals surface area contributed by atoms with Crippen molar-refractivity contribution < 1.29 is 23.8 Å². The zero-order valence-corrected chi connectivity index (χ0v) is 20.7. The highest BCUT2D eigenvalue weighted by atomic mass is 19.1. The Morgan fingerprint density at radius 3 is 2.57 bits per heavy atom. The number of ether oxygens (including phenoxy) is 1. The molecule has 3 aromatic rings. The van der Waals surface area contributed by atoms with E-state index in [0.717, 1.165) is 5.56 Å². The van der Waals surface area contributed by atoms with Crippen LogP contribution in [0.4, 0.5) is 9.18 Å². The van der Waals surface area contributed by atoms with E-state index in [1.165, 1.54) is 33.7 Å². The standard InChI is InChI=1S/C27H29FN4O5/c1-17-12-20(15-31(2)27(36)37-16-19-6-4-3-5-7-19)24-30-22(23(33)26(35)32(24)14-17)25(34)29-13-18-8-10-21(28)11-9-18/h3-11,17,20,33H,12-16H2,1-2H3,(H,29,34). The number of fused-ring (bicyclic) bond motifs is 1. The van der Waals surface area contributed by atoms with Gasteiger partial charge >= 0.3 is 6.09 Å². The highest BCUT2D eigenvalue weighted by Crippen LogP contribution is 2.30. The Kier molecular flexibility index (Phi) is 7.86. The van der Waals surface area contributed by atoms with Gasteiger partial charge in [0.05, 0.1) is 0 Å². The first-order chi connectivity index (χ1) is 17.7. The quantitative estimate of drug-likeness (QED) is 0.506. The number of aromatic hydroxyl groups is 1. The molecule has 0 spiro atoms. The van der Waals surface area contributed by atoms with E-state index in [1.54, 1.807) is 7.05 Å². The van der Waals surface area contributed by atoms with Crippen molar-refractivity contribution in [2.75, 3.05) is 13.6 Å². The summed E-state index contributed by atoms with van der Waals surface area (Å²) >= 11 is 0. The van der Waals surface area contributed by atoms with Gasteiger partial charge in [0.25, 0.3) is 11.5 Å². The third-order valence-corrected chi connectivity index (χ3v) is 6.31. The predicted molar refractivity (Wildman–Crippen MR) is 134 cm³/mol. The molecular formula is C27H29FN4O5. The number of hydrogen-bond donors (Lipinski definition) is 2. The molecule has 37 heavy (non-hydrogen) atoms. The van der Waals surface area contributed by atoms with Gasteiger partial charge in [0.1, 0.15) is 18.2 Å². The smallest absolute Gasteiger partial charge is 0.409 e. The summed E-state index contributed by atoms with van der Waals surface area (Å²) < 4.78 is 19.9. The fourth-order valence-electron chi connectivity index (χ4n) is 4.44. The lowest BCUT2D eigenvalue weighted by molar-refractivity contribution is 0.0935. The fourth-order valence-corrected chi connectivity index (χ4v) is 4.44. The number of halogens is 1. The summed E-state index contributed by atoms with van der Waals surface area (Å²) in [5.74, 6) is -1.79. The van der Waals surface area contributed by atoms with E-state index >= 15 is 0 Å². The number of carbonyl (C=O) groups excluding carboxylic acids is 2. The van der Waals surface area contributed by atoms with Crippen LogP contribution in [0.5, 0.6) is 5.75 Å². The van der Waals surface area contributed by atoms with Crippen LogP contribution in [0.15, 0.2) is 59.4 Å². The van der Waals surface area contributed by atoms with Crippen molar-refractivity contribution in [1.29, 1.82) is 0 Å². The van der Waals surface area contributed by atoms with Crippen molar-refractivity contribution in [3.8, 4) is 5.75 Å². The second kappa shape index (κ2) is 11.2. The number of nitrogens with zero attached hydrogens (tertiary/aromatic N) is 3. The van der Waals surface area contributed by atoms with Gasteiger partial charge < -0.3 is 20.1 Å². The van der Waals surface area contributed by atoms with Crippen molar-refractivity contribution in [2.24, 2.45) is 5.92 Å². The topological polar surface area (TPSA) is 114 Å². The lowest BCUT2D eigenvalue weighted by Gasteiger charge is -2.32. The van der Waals surface area contributed by atoms with E-state index in [9.17, 15) is 23.9 Å². The van der Waals surface area contributed by atoms with Crippen LogP contribution < -0.4 is 10.9 Å². The van der Waals surface area contributed by atoms with Gasteiger partial charge in [-0.2, -0.15) is 0 Å². The van der Waals surface area contributed by atoms with Gasteiger partial charge in [-0.25, -0.2) is 14.2 Å². The molecule has 2 aromatic carbocycles. The first-order valence-electron chi connectivity index (χ1n) is 12.0. The van der Waals surface area contributed by atoms with Crippen LogP contribution in [-0.4, -0.2) is 45.2 Å². The zero-order chi connectivity index (χ0) is 26.5. The van der Waals surface area contributed by atoms with Crippen molar-refractivity contribution in [3.63, 3.8) is 0 Å². The number of aromatic nitrogens is 2. The molecular weight excluding hydrogens is 479 g/mol. The van der Waals surface area contributed by atoms with Crippen LogP contribution in [0, 0.1) is 11.7 Å². The molecule has 1 aliphatic heterocycles. The molecule has 2 atom stereocenters. The summed E-state index contributed by atoms with van der Waals surface area (Å²) in [7, 11) is 1.60. The van der Waals surface area contributed by atoms with Gasteiger partial charge in [0.15, 0.2) is 5.69 Å². The minimum atomic E-state index is -0.733. The highest BCUT2D eigenvalue weighted by molar-refractivity contribution is 5.94. The Balaban J connectivity index is 1.50. The molecule has 10 heteroatoms. The molecule has 2 amide bonds. The SMILES string of the molecule is CC1CC(CN(C)C(=O)OCc2ccccc2)c2nc(C(=O)NCc3ccc(F)cc3)c(O)c(=O)n2C1. The Morgan fingerprint density at radius 1 is 1.16 bits per heavy atom. The van der Waals surface area contributed by atoms with Crippen LogP contribution in [0.25, 0.3) is 0 Å². The van der Waals surface area contributed by atoms with E-state index in [-0.39, 0.29) is 37.2 Å². The van der Waals surface area contributed by atoms with Gasteiger partial charge in [-0.05, 0) is 35.6 Å². The Hall–Kier alpha value is -4.21. The third-order valence-electron chi connectivity index (χ3n) is 6.31. The fraction of sp³-hybridized carbons (Fsp3) is 0.333. The van der Waals surface area contributed by atoms with Crippen LogP contribution in [-0.2, 0) is 24.4 Å². The minimum absolute atomic E-state index is 0.0646. The maximum atomic E-state index is 13.1. The summed E-state index contributed by atoms with van der Waals surface area (Å²) in [4.78, 5) is 44.2. The molecule has 0 aliphatic carbocycles. The molecule has 2 N–H and O–H groups in total. The molecule has 4 rings (SSSR count). The van der Waals surface area contributed by atoms with E-state index in [0.29, 0.717) is 24.4 Å². The molecule has 0 bridgehead atoms. The predicted octanol–water partition coefficient (Wildman–Crippen LogP) is 3.41. The van der Waals surface area contributed by atoms with Gasteiger partial charge in [-0.3, -0.25) is 14.2 Å². The minimum Gasteiger partial charge on any atom is -0.501 e. The number of rotatable bonds is 7. The maximum absolute atomic E-state index is 13.1. The van der Waals surface area contributed by atoms with E-state index in [1.807, 2.05) is 37.3 Å². The number of nitrogens with one attached hydrogen (secondary N) is 1. The molecule has 2 unspecified atom stereocenters. The summed E-state index contributed by atoms with van der Waals surface area (Å²) in [6.45, 7) is 2.72. The number of likely N-dealkylation sites (N-methyl/N-ethyl adjacent to an activating group) is 1. The van der Waals surface area contributed by atoms with Crippen LogP contribution in [0.1, 0.15) is 46.7 Å². The molecule has 0 fully saturated rings. The van der Waals surface area contributed by atoms with E-state index < -0.39 is 29.1 Å². The zero-order valence-electron chi connectivity index (χ0n) is 20.7. The average molecular weight is 509 g/mol. The lowest BCUT2D eigenvalue weighted by Crippen LogP contribution is -2.40. The molecule has 0 saturated carbocycles. The van der Waals surface area contributed by atoms with E-state index in [4.69, 9.17) is 4.74 Å². The normalized spacial score (nSPS) is 16.5. The first-order valence-corrected chi connectivity index (χ1v) is 12.0. The van der Waals surface area contributed by atoms with Gasteiger partial charge in [-0.1, -0.05) is 49.4 Å². The van der Waals surface area contributed by atoms with Gasteiger partial charge in [-0.15, -0.1) is 0 Å². The van der Waals surface area contributed by atoms with Crippen LogP contribution in [0.2, 0.25) is 0 Å². The summed E-state index contributed by atoms with van der Waals surface area (Å²) in [5.41, 5.74) is 0.419. The largest absolute Gasteiger partial charge is 0.501 e. The number of amides is 2. The Labute approximate surface area is 213 Å². The van der Waals surface area contributed by atoms with Gasteiger partial charge in [0, 0.05) is 32.6 Å². The molecule has 0 radical (unpaired) electrons. The third kappa shape index (κ3) is 6.14. The van der Waals surface area contributed by atoms with Crippen LogP contribution in [0.3, 0.4) is 0 Å². The number of benzene rings is 2. The summed E-state index contributed by atoms with van der Waals surface area (Å²) in [6.07, 6.45) is 0.108. The Bertz CT molecular complexity index is 1330. The lowest BCUT2D eigenvalue weighted by atomic mass is 9.90. The molecule has 0 saturated heterocycles. The highest BCUT2D eigenvalue weighted by Gasteiger charge is 2.32.